The molecule has 3 aliphatic heterocycles. The molecular formula is C32H44N2O5S. The number of thioether (sulfide) groups is 1. The summed E-state index contributed by atoms with van der Waals surface area (Å²) in [6.45, 7) is 11.4. The van der Waals surface area contributed by atoms with Gasteiger partial charge in [0.1, 0.15) is 6.04 Å². The van der Waals surface area contributed by atoms with Crippen molar-refractivity contribution in [2.45, 2.75) is 80.4 Å². The number of hydrogen-bond acceptors (Lipinski definition) is 6. The van der Waals surface area contributed by atoms with Crippen LogP contribution < -0.4 is 0 Å². The molecule has 3 aliphatic rings. The quantitative estimate of drug-likeness (QED) is 0.176. The number of nitrogens with zero attached hydrogens (tertiary/aromatic N) is 2. The van der Waals surface area contributed by atoms with Crippen molar-refractivity contribution in [3.63, 3.8) is 0 Å². The second-order valence-electron chi connectivity index (χ2n) is 11.5. The maximum atomic E-state index is 14.5. The van der Waals surface area contributed by atoms with E-state index in [0.717, 1.165) is 50.5 Å². The van der Waals surface area contributed by atoms with Crippen molar-refractivity contribution < 1.29 is 24.2 Å². The Morgan fingerprint density at radius 3 is 2.58 bits per heavy atom. The average Bonchev–Trinajstić information content (AvgIpc) is 3.51. The molecule has 1 aromatic carbocycles. The van der Waals surface area contributed by atoms with Crippen LogP contribution in [-0.4, -0.2) is 74.5 Å². The predicted octanol–water partition coefficient (Wildman–Crippen LogP) is 4.74. The number of amides is 2. The van der Waals surface area contributed by atoms with E-state index in [4.69, 9.17) is 9.84 Å². The molecule has 2 bridgehead atoms. The van der Waals surface area contributed by atoms with Crippen LogP contribution in [0.5, 0.6) is 0 Å². The minimum atomic E-state index is -0.658. The Bertz CT molecular complexity index is 1080. The zero-order chi connectivity index (χ0) is 28.8. The summed E-state index contributed by atoms with van der Waals surface area (Å²) in [5.74, 6) is -1.63. The number of unbranched alkanes of at least 4 members (excludes halogenated alkanes) is 4. The topological polar surface area (TPSA) is 87.1 Å². The summed E-state index contributed by atoms with van der Waals surface area (Å²) in [5.41, 5.74) is 1.02. The van der Waals surface area contributed by atoms with Crippen LogP contribution in [0.2, 0.25) is 0 Å². The number of esters is 1. The molecule has 0 saturated carbocycles. The van der Waals surface area contributed by atoms with E-state index in [1.165, 1.54) is 0 Å². The summed E-state index contributed by atoms with van der Waals surface area (Å²) >= 11 is 1.68. The maximum Gasteiger partial charge on any atom is 0.311 e. The molecule has 2 unspecified atom stereocenters. The van der Waals surface area contributed by atoms with Gasteiger partial charge in [-0.1, -0.05) is 55.3 Å². The minimum Gasteiger partial charge on any atom is -0.465 e. The van der Waals surface area contributed by atoms with Crippen molar-refractivity contribution in [2.24, 2.45) is 11.8 Å². The molecule has 4 rings (SSSR count). The van der Waals surface area contributed by atoms with Crippen LogP contribution in [0.25, 0.3) is 0 Å². The summed E-state index contributed by atoms with van der Waals surface area (Å²) < 4.78 is 4.62. The van der Waals surface area contributed by atoms with Gasteiger partial charge in [-0.25, -0.2) is 0 Å². The SMILES string of the molecule is C=CCCCOC(=O)[C@H]1[C@H]2C(=O)N(CCCCCCO)C(C(=O)N(CC=C)Cc3ccccc3)C23CC[C@]1(C)S3. The van der Waals surface area contributed by atoms with Gasteiger partial charge in [0.15, 0.2) is 0 Å². The normalized spacial score (nSPS) is 28.4. The summed E-state index contributed by atoms with van der Waals surface area (Å²) in [6, 6.07) is 9.22. The molecule has 3 saturated heterocycles. The Morgan fingerprint density at radius 2 is 1.88 bits per heavy atom. The molecule has 5 atom stereocenters. The Labute approximate surface area is 243 Å². The number of carbonyl (C=O) groups is 3. The van der Waals surface area contributed by atoms with Crippen LogP contribution in [0, 0.1) is 11.8 Å². The van der Waals surface area contributed by atoms with E-state index >= 15 is 0 Å². The molecule has 0 radical (unpaired) electrons. The highest BCUT2D eigenvalue weighted by atomic mass is 32.2. The largest absolute Gasteiger partial charge is 0.465 e. The van der Waals surface area contributed by atoms with Crippen LogP contribution >= 0.6 is 11.8 Å². The third-order valence-electron chi connectivity index (χ3n) is 8.75. The number of likely N-dealkylation sites (tertiary alicyclic amines) is 1. The second-order valence-corrected chi connectivity index (χ2v) is 13.4. The Kier molecular flexibility index (Phi) is 10.2. The fourth-order valence-corrected chi connectivity index (χ4v) is 9.25. The molecule has 1 aromatic rings. The Hall–Kier alpha value is -2.58. The summed E-state index contributed by atoms with van der Waals surface area (Å²) in [7, 11) is 0. The first-order chi connectivity index (χ1) is 19.3. The number of carbonyl (C=O) groups excluding carboxylic acids is 3. The lowest BCUT2D eigenvalue weighted by Crippen LogP contribution is -2.54. The van der Waals surface area contributed by atoms with Gasteiger partial charge in [-0.2, -0.15) is 0 Å². The van der Waals surface area contributed by atoms with Crippen molar-refractivity contribution >= 4 is 29.5 Å². The Balaban J connectivity index is 1.64. The fourth-order valence-electron chi connectivity index (χ4n) is 6.91. The first kappa shape index (κ1) is 30.4. The zero-order valence-corrected chi connectivity index (χ0v) is 24.6. The lowest BCUT2D eigenvalue weighted by Gasteiger charge is -2.37. The van der Waals surface area contributed by atoms with Gasteiger partial charge < -0.3 is 19.6 Å². The zero-order valence-electron chi connectivity index (χ0n) is 23.8. The number of aliphatic hydroxyl groups is 1. The van der Waals surface area contributed by atoms with Gasteiger partial charge in [0.05, 0.1) is 23.2 Å². The highest BCUT2D eigenvalue weighted by Crippen LogP contribution is 2.71. The molecule has 1 N–H and O–H groups in total. The highest BCUT2D eigenvalue weighted by molar-refractivity contribution is 8.02. The predicted molar refractivity (Wildman–Crippen MR) is 158 cm³/mol. The van der Waals surface area contributed by atoms with E-state index in [9.17, 15) is 14.4 Å². The number of fused-ring (bicyclic) bond motifs is 1. The monoisotopic (exact) mass is 568 g/mol. The number of allylic oxidation sites excluding steroid dienone is 1. The van der Waals surface area contributed by atoms with Crippen molar-refractivity contribution in [3.8, 4) is 0 Å². The van der Waals surface area contributed by atoms with Crippen molar-refractivity contribution in [1.82, 2.24) is 9.80 Å². The van der Waals surface area contributed by atoms with Crippen LogP contribution in [0.4, 0.5) is 0 Å². The van der Waals surface area contributed by atoms with Gasteiger partial charge in [-0.05, 0) is 51.0 Å². The lowest BCUT2D eigenvalue weighted by molar-refractivity contribution is -0.155. The third kappa shape index (κ3) is 5.89. The van der Waals surface area contributed by atoms with E-state index in [1.54, 1.807) is 33.7 Å². The van der Waals surface area contributed by atoms with E-state index < -0.39 is 27.4 Å². The number of aliphatic hydroxyl groups excluding tert-OH is 1. The number of ether oxygens (including phenoxy) is 1. The maximum absolute atomic E-state index is 14.5. The standard InChI is InChI=1S/C32H44N2O5S/c1-4-6-14-22-39-30(38)26-25-28(36)34(20-12-7-8-13-21-35)27(32(25)18-17-31(26,3)40-32)29(37)33(19-5-2)23-24-15-10-9-11-16-24/h4-5,9-11,15-16,25-27,35H,1-2,6-8,12-14,17-23H2,3H3/t25-,26+,27?,31-,32?/m0/s1. The molecule has 3 fully saturated rings. The van der Waals surface area contributed by atoms with Gasteiger partial charge in [-0.15, -0.1) is 24.9 Å². The van der Waals surface area contributed by atoms with E-state index in [2.05, 4.69) is 20.1 Å². The van der Waals surface area contributed by atoms with Crippen molar-refractivity contribution in [2.75, 3.05) is 26.3 Å². The summed E-state index contributed by atoms with van der Waals surface area (Å²) in [5, 5.41) is 9.17. The van der Waals surface area contributed by atoms with Gasteiger partial charge in [0.25, 0.3) is 0 Å². The minimum absolute atomic E-state index is 0.0771. The summed E-state index contributed by atoms with van der Waals surface area (Å²) in [4.78, 5) is 45.8. The van der Waals surface area contributed by atoms with Crippen molar-refractivity contribution in [3.05, 3.63) is 61.2 Å². The van der Waals surface area contributed by atoms with Crippen LogP contribution in [0.1, 0.15) is 63.9 Å². The van der Waals surface area contributed by atoms with Gasteiger partial charge in [0, 0.05) is 31.0 Å². The van der Waals surface area contributed by atoms with Gasteiger partial charge in [0.2, 0.25) is 11.8 Å². The van der Waals surface area contributed by atoms with Gasteiger partial charge in [-0.3, -0.25) is 14.4 Å². The molecular weight excluding hydrogens is 524 g/mol. The van der Waals surface area contributed by atoms with E-state index in [0.29, 0.717) is 32.7 Å². The molecule has 2 amide bonds. The van der Waals surface area contributed by atoms with Crippen molar-refractivity contribution in [1.29, 1.82) is 0 Å². The highest BCUT2D eigenvalue weighted by Gasteiger charge is 2.77. The van der Waals surface area contributed by atoms with Gasteiger partial charge >= 0.3 is 5.97 Å². The molecule has 1 spiro atoms. The first-order valence-corrected chi connectivity index (χ1v) is 15.5. The second kappa shape index (κ2) is 13.4. The lowest BCUT2D eigenvalue weighted by atomic mass is 9.66. The molecule has 0 aliphatic carbocycles. The average molecular weight is 569 g/mol. The number of benzene rings is 1. The van der Waals surface area contributed by atoms with Crippen LogP contribution in [0.15, 0.2) is 55.6 Å². The molecule has 0 aromatic heterocycles. The number of rotatable bonds is 16. The van der Waals surface area contributed by atoms with E-state index in [-0.39, 0.29) is 24.4 Å². The fraction of sp³-hybridized carbons (Fsp3) is 0.594. The van der Waals surface area contributed by atoms with E-state index in [1.807, 2.05) is 30.3 Å². The first-order valence-electron chi connectivity index (χ1n) is 14.7. The molecule has 7 nitrogen and oxygen atoms in total. The van der Waals surface area contributed by atoms with Crippen LogP contribution in [0.3, 0.4) is 0 Å². The Morgan fingerprint density at radius 1 is 1.12 bits per heavy atom. The molecule has 40 heavy (non-hydrogen) atoms. The molecule has 8 heteroatoms. The molecule has 3 heterocycles. The van der Waals surface area contributed by atoms with Crippen LogP contribution in [-0.2, 0) is 25.7 Å². The molecule has 218 valence electrons. The summed E-state index contributed by atoms with van der Waals surface area (Å²) in [6.07, 6.45) is 9.69. The third-order valence-corrected chi connectivity index (χ3v) is 10.7. The smallest absolute Gasteiger partial charge is 0.311 e. The number of hydrogen-bond donors (Lipinski definition) is 1.